The molecule has 7 heteroatoms. The first-order valence-corrected chi connectivity index (χ1v) is 5.74. The highest BCUT2D eigenvalue weighted by Crippen LogP contribution is 2.07. The van der Waals surface area contributed by atoms with Crippen molar-refractivity contribution in [3.63, 3.8) is 0 Å². The lowest BCUT2D eigenvalue weighted by molar-refractivity contribution is 0.0487. The summed E-state index contributed by atoms with van der Waals surface area (Å²) in [5, 5.41) is 3.92. The van der Waals surface area contributed by atoms with Crippen LogP contribution in [0.4, 0.5) is 0 Å². The second-order valence-electron chi connectivity index (χ2n) is 3.94. The van der Waals surface area contributed by atoms with Crippen molar-refractivity contribution in [2.75, 3.05) is 6.61 Å². The van der Waals surface area contributed by atoms with E-state index in [0.717, 1.165) is 5.52 Å². The zero-order valence-corrected chi connectivity index (χ0v) is 10.0. The minimum atomic E-state index is -0.358. The third kappa shape index (κ3) is 2.44. The number of pyridine rings is 1. The molecule has 0 aliphatic carbocycles. The maximum absolute atomic E-state index is 11.8. The fraction of sp³-hybridized carbons (Fsp3) is 0.167. The Morgan fingerprint density at radius 2 is 2.26 bits per heavy atom. The molecule has 3 rings (SSSR count). The van der Waals surface area contributed by atoms with Gasteiger partial charge in [-0.2, -0.15) is 5.10 Å². The lowest BCUT2D eigenvalue weighted by Gasteiger charge is -2.05. The highest BCUT2D eigenvalue weighted by Gasteiger charge is 2.08. The van der Waals surface area contributed by atoms with E-state index in [2.05, 4.69) is 15.1 Å². The topological polar surface area (TPSA) is 74.3 Å². The third-order valence-corrected chi connectivity index (χ3v) is 2.67. The van der Waals surface area contributed by atoms with Gasteiger partial charge in [0.1, 0.15) is 19.3 Å². The van der Waals surface area contributed by atoms with Crippen LogP contribution in [0.2, 0.25) is 0 Å². The summed E-state index contributed by atoms with van der Waals surface area (Å²) in [5.41, 5.74) is 1.36. The number of rotatable bonds is 4. The van der Waals surface area contributed by atoms with Gasteiger partial charge in [-0.3, -0.25) is 0 Å². The van der Waals surface area contributed by atoms with Crippen LogP contribution in [0.3, 0.4) is 0 Å². The van der Waals surface area contributed by atoms with E-state index in [0.29, 0.717) is 12.1 Å². The normalized spacial score (nSPS) is 10.7. The van der Waals surface area contributed by atoms with E-state index in [-0.39, 0.29) is 12.6 Å². The summed E-state index contributed by atoms with van der Waals surface area (Å²) in [7, 11) is 0. The molecule has 0 fully saturated rings. The quantitative estimate of drug-likeness (QED) is 0.646. The van der Waals surface area contributed by atoms with Crippen molar-refractivity contribution < 1.29 is 9.53 Å². The van der Waals surface area contributed by atoms with Crippen LogP contribution in [0.5, 0.6) is 0 Å². The van der Waals surface area contributed by atoms with Crippen molar-refractivity contribution in [3.8, 4) is 0 Å². The molecule has 0 aromatic carbocycles. The van der Waals surface area contributed by atoms with Crippen LogP contribution in [0.25, 0.3) is 5.52 Å². The van der Waals surface area contributed by atoms with Gasteiger partial charge in [0, 0.05) is 6.20 Å². The summed E-state index contributed by atoms with van der Waals surface area (Å²) in [6, 6.07) is 3.44. The van der Waals surface area contributed by atoms with Gasteiger partial charge in [-0.15, -0.1) is 0 Å². The standard InChI is InChI=1S/C12H11N5O2/c18-12(19-4-3-17-9-14-7-15-17)10-1-2-16-8-13-6-11(16)5-10/h1-2,5-9H,3-4H2. The van der Waals surface area contributed by atoms with Crippen LogP contribution >= 0.6 is 0 Å². The van der Waals surface area contributed by atoms with Gasteiger partial charge < -0.3 is 9.14 Å². The lowest BCUT2D eigenvalue weighted by atomic mass is 10.2. The van der Waals surface area contributed by atoms with Gasteiger partial charge in [0.05, 0.1) is 30.1 Å². The Morgan fingerprint density at radius 3 is 3.11 bits per heavy atom. The summed E-state index contributed by atoms with van der Waals surface area (Å²) in [6.45, 7) is 0.743. The molecule has 3 heterocycles. The maximum Gasteiger partial charge on any atom is 0.338 e. The van der Waals surface area contributed by atoms with Crippen molar-refractivity contribution in [2.24, 2.45) is 0 Å². The zero-order chi connectivity index (χ0) is 13.1. The summed E-state index contributed by atoms with van der Waals surface area (Å²) in [6.07, 6.45) is 8.15. The minimum Gasteiger partial charge on any atom is -0.460 e. The molecule has 0 saturated heterocycles. The number of ether oxygens (including phenoxy) is 1. The molecule has 0 radical (unpaired) electrons. The van der Waals surface area contributed by atoms with Crippen LogP contribution < -0.4 is 0 Å². The zero-order valence-electron chi connectivity index (χ0n) is 10.0. The average Bonchev–Trinajstić information content (AvgIpc) is 3.08. The second kappa shape index (κ2) is 4.89. The highest BCUT2D eigenvalue weighted by atomic mass is 16.5. The largest absolute Gasteiger partial charge is 0.460 e. The Hall–Kier alpha value is -2.70. The molecule has 0 amide bonds. The number of carbonyl (C=O) groups is 1. The first kappa shape index (κ1) is 11.4. The number of hydrogen-bond donors (Lipinski definition) is 0. The molecule has 0 bridgehead atoms. The van der Waals surface area contributed by atoms with Gasteiger partial charge in [-0.05, 0) is 12.1 Å². The Balaban J connectivity index is 1.63. The molecule has 0 spiro atoms. The van der Waals surface area contributed by atoms with E-state index in [1.54, 1.807) is 41.9 Å². The van der Waals surface area contributed by atoms with E-state index < -0.39 is 0 Å². The molecule has 0 N–H and O–H groups in total. The van der Waals surface area contributed by atoms with Crippen LogP contribution in [-0.4, -0.2) is 36.7 Å². The number of hydrogen-bond acceptors (Lipinski definition) is 5. The summed E-state index contributed by atoms with van der Waals surface area (Å²) in [5.74, 6) is -0.358. The smallest absolute Gasteiger partial charge is 0.338 e. The number of nitrogens with zero attached hydrogens (tertiary/aromatic N) is 5. The molecule has 0 aliphatic rings. The van der Waals surface area contributed by atoms with Gasteiger partial charge in [0.15, 0.2) is 0 Å². The molecule has 19 heavy (non-hydrogen) atoms. The Kier molecular flexibility index (Phi) is 2.93. The number of aromatic nitrogens is 5. The maximum atomic E-state index is 11.8. The summed E-state index contributed by atoms with van der Waals surface area (Å²) < 4.78 is 8.60. The predicted molar refractivity (Wildman–Crippen MR) is 65.5 cm³/mol. The Bertz CT molecular complexity index is 689. The molecule has 3 aromatic rings. The van der Waals surface area contributed by atoms with E-state index in [9.17, 15) is 4.79 Å². The SMILES string of the molecule is O=C(OCCn1cncn1)c1ccn2cncc2c1. The lowest BCUT2D eigenvalue weighted by Crippen LogP contribution is -2.12. The molecule has 7 nitrogen and oxygen atoms in total. The molecule has 0 unspecified atom stereocenters. The van der Waals surface area contributed by atoms with Gasteiger partial charge in [0.25, 0.3) is 0 Å². The van der Waals surface area contributed by atoms with E-state index >= 15 is 0 Å². The van der Waals surface area contributed by atoms with Gasteiger partial charge >= 0.3 is 5.97 Å². The predicted octanol–water partition coefficient (Wildman–Crippen LogP) is 0.783. The first-order valence-electron chi connectivity index (χ1n) is 5.74. The third-order valence-electron chi connectivity index (χ3n) is 2.67. The first-order chi connectivity index (χ1) is 9.33. The fourth-order valence-corrected chi connectivity index (χ4v) is 1.71. The van der Waals surface area contributed by atoms with Crippen molar-refractivity contribution >= 4 is 11.5 Å². The number of fused-ring (bicyclic) bond motifs is 1. The molecule has 96 valence electrons. The monoisotopic (exact) mass is 257 g/mol. The van der Waals surface area contributed by atoms with Crippen LogP contribution in [0.1, 0.15) is 10.4 Å². The van der Waals surface area contributed by atoms with Crippen molar-refractivity contribution in [3.05, 3.63) is 49.1 Å². The molecule has 0 saturated carbocycles. The molecule has 0 aliphatic heterocycles. The van der Waals surface area contributed by atoms with Crippen molar-refractivity contribution in [2.45, 2.75) is 6.54 Å². The van der Waals surface area contributed by atoms with Gasteiger partial charge in [-0.25, -0.2) is 19.4 Å². The fourth-order valence-electron chi connectivity index (χ4n) is 1.71. The molecule has 0 atom stereocenters. The van der Waals surface area contributed by atoms with Crippen LogP contribution in [0.15, 0.2) is 43.5 Å². The van der Waals surface area contributed by atoms with Crippen molar-refractivity contribution in [1.29, 1.82) is 0 Å². The highest BCUT2D eigenvalue weighted by molar-refractivity contribution is 5.90. The molecule has 3 aromatic heterocycles. The number of esters is 1. The van der Waals surface area contributed by atoms with Crippen LogP contribution in [-0.2, 0) is 11.3 Å². The molecular weight excluding hydrogens is 246 g/mol. The van der Waals surface area contributed by atoms with Crippen molar-refractivity contribution in [1.82, 2.24) is 24.1 Å². The van der Waals surface area contributed by atoms with E-state index in [1.165, 1.54) is 6.33 Å². The van der Waals surface area contributed by atoms with E-state index in [4.69, 9.17) is 4.74 Å². The minimum absolute atomic E-state index is 0.257. The second-order valence-corrected chi connectivity index (χ2v) is 3.94. The van der Waals surface area contributed by atoms with Gasteiger partial charge in [-0.1, -0.05) is 0 Å². The van der Waals surface area contributed by atoms with Gasteiger partial charge in [0.2, 0.25) is 0 Å². The average molecular weight is 257 g/mol. The number of carbonyl (C=O) groups excluding carboxylic acids is 1. The Labute approximate surface area is 108 Å². The van der Waals surface area contributed by atoms with E-state index in [1.807, 2.05) is 4.40 Å². The molecular formula is C12H11N5O2. The Morgan fingerprint density at radius 1 is 1.32 bits per heavy atom. The summed E-state index contributed by atoms with van der Waals surface area (Å²) >= 11 is 0. The van der Waals surface area contributed by atoms with Crippen LogP contribution in [0, 0.1) is 0 Å². The number of imidazole rings is 1. The summed E-state index contributed by atoms with van der Waals surface area (Å²) in [4.78, 5) is 19.6.